The van der Waals surface area contributed by atoms with Crippen LogP contribution >= 0.6 is 23.5 Å². The first-order chi connectivity index (χ1) is 13.1. The lowest BCUT2D eigenvalue weighted by molar-refractivity contribution is -0.150. The fourth-order valence-electron chi connectivity index (χ4n) is 2.23. The van der Waals surface area contributed by atoms with Gasteiger partial charge in [0.1, 0.15) is 5.75 Å². The Labute approximate surface area is 167 Å². The molecule has 1 aromatic carbocycles. The van der Waals surface area contributed by atoms with Gasteiger partial charge in [-0.3, -0.25) is 9.59 Å². The van der Waals surface area contributed by atoms with E-state index >= 15 is 0 Å². The van der Waals surface area contributed by atoms with Crippen LogP contribution < -0.4 is 15.4 Å². The lowest BCUT2D eigenvalue weighted by Crippen LogP contribution is -2.39. The molecule has 0 radical (unpaired) electrons. The van der Waals surface area contributed by atoms with E-state index in [0.29, 0.717) is 16.9 Å². The topological polar surface area (TPSA) is 93.7 Å². The van der Waals surface area contributed by atoms with Crippen molar-refractivity contribution >= 4 is 41.3 Å². The number of esters is 1. The maximum absolute atomic E-state index is 11.8. The van der Waals surface area contributed by atoms with Crippen LogP contribution in [0.15, 0.2) is 24.3 Å². The summed E-state index contributed by atoms with van der Waals surface area (Å²) in [6.07, 6.45) is 0.818. The third-order valence-corrected chi connectivity index (χ3v) is 6.59. The largest absolute Gasteiger partial charge is 0.482 e. The Hall–Kier alpha value is -1.87. The number of rotatable bonds is 10. The molecule has 0 aromatic heterocycles. The average molecular weight is 413 g/mol. The second-order valence-corrected chi connectivity index (χ2v) is 8.41. The van der Waals surface area contributed by atoms with Crippen LogP contribution in [0.25, 0.3) is 0 Å². The molecule has 1 aromatic rings. The number of amides is 2. The molecule has 0 bridgehead atoms. The third-order valence-electron chi connectivity index (χ3n) is 3.52. The van der Waals surface area contributed by atoms with Crippen molar-refractivity contribution in [2.45, 2.75) is 17.9 Å². The monoisotopic (exact) mass is 412 g/mol. The van der Waals surface area contributed by atoms with Crippen molar-refractivity contribution < 1.29 is 23.9 Å². The maximum atomic E-state index is 11.8. The minimum Gasteiger partial charge on any atom is -0.482 e. The Morgan fingerprint density at radius 2 is 1.81 bits per heavy atom. The summed E-state index contributed by atoms with van der Waals surface area (Å²) < 4.78 is 10.8. The Morgan fingerprint density at radius 1 is 1.07 bits per heavy atom. The number of benzene rings is 1. The van der Waals surface area contributed by atoms with E-state index in [0.717, 1.165) is 23.5 Å². The predicted octanol–water partition coefficient (Wildman–Crippen LogP) is 1.73. The molecule has 27 heavy (non-hydrogen) atoms. The van der Waals surface area contributed by atoms with Gasteiger partial charge in [-0.1, -0.05) is 25.1 Å². The third kappa shape index (κ3) is 7.72. The van der Waals surface area contributed by atoms with Gasteiger partial charge in [0.05, 0.1) is 11.1 Å². The van der Waals surface area contributed by atoms with Crippen LogP contribution in [-0.4, -0.2) is 55.6 Å². The summed E-state index contributed by atoms with van der Waals surface area (Å²) in [6, 6.07) is 7.61. The summed E-state index contributed by atoms with van der Waals surface area (Å²) in [5.41, 5.74) is 1.05. The minimum absolute atomic E-state index is 0.142. The van der Waals surface area contributed by atoms with Crippen LogP contribution in [0.3, 0.4) is 0 Å². The van der Waals surface area contributed by atoms with Crippen LogP contribution in [0.2, 0.25) is 0 Å². The molecule has 2 rings (SSSR count). The molecule has 1 aliphatic rings. The molecule has 1 fully saturated rings. The van der Waals surface area contributed by atoms with E-state index in [1.54, 1.807) is 0 Å². The highest BCUT2D eigenvalue weighted by atomic mass is 32.2. The van der Waals surface area contributed by atoms with E-state index in [9.17, 15) is 14.4 Å². The molecule has 2 N–H and O–H groups in total. The van der Waals surface area contributed by atoms with Gasteiger partial charge in [0.25, 0.3) is 5.91 Å². The second-order valence-electron chi connectivity index (χ2n) is 5.69. The minimum atomic E-state index is -0.637. The first-order valence-corrected chi connectivity index (χ1v) is 10.8. The van der Waals surface area contributed by atoms with Gasteiger partial charge in [-0.05, 0) is 12.5 Å². The Bertz CT molecular complexity index is 650. The number of hydrogen-bond acceptors (Lipinski definition) is 7. The Balaban J connectivity index is 1.69. The van der Waals surface area contributed by atoms with Gasteiger partial charge < -0.3 is 20.1 Å². The van der Waals surface area contributed by atoms with Gasteiger partial charge >= 0.3 is 5.97 Å². The van der Waals surface area contributed by atoms with E-state index in [2.05, 4.69) is 10.6 Å². The van der Waals surface area contributed by atoms with Gasteiger partial charge in [-0.15, -0.1) is 23.5 Å². The standard InChI is InChI=1S/C18H24N2O5S2/c1-2-7-19-15(21)10-20-16(22)11-25-17(23)12-24-14-6-4-3-5-13(14)18-26-8-9-27-18/h3-6,18H,2,7-12H2,1H3,(H,19,21)(H,20,22). The van der Waals surface area contributed by atoms with Crippen molar-refractivity contribution in [3.05, 3.63) is 29.8 Å². The SMILES string of the molecule is CCCNC(=O)CNC(=O)COC(=O)COc1ccccc1C1SCCS1. The highest BCUT2D eigenvalue weighted by molar-refractivity contribution is 8.19. The highest BCUT2D eigenvalue weighted by Gasteiger charge is 2.22. The molecular formula is C18H24N2O5S2. The van der Waals surface area contributed by atoms with Crippen molar-refractivity contribution in [2.75, 3.05) is 37.8 Å². The summed E-state index contributed by atoms with van der Waals surface area (Å²) in [4.78, 5) is 34.8. The number of para-hydroxylation sites is 1. The van der Waals surface area contributed by atoms with Gasteiger partial charge in [0.2, 0.25) is 5.91 Å². The summed E-state index contributed by atoms with van der Waals surface area (Å²) in [6.45, 7) is 1.63. The zero-order chi connectivity index (χ0) is 19.5. The van der Waals surface area contributed by atoms with Crippen molar-refractivity contribution in [1.82, 2.24) is 10.6 Å². The Kier molecular flexibility index (Phi) is 9.34. The first-order valence-electron chi connectivity index (χ1n) is 8.74. The molecular weight excluding hydrogens is 388 g/mol. The average Bonchev–Trinajstić information content (AvgIpc) is 3.22. The molecule has 1 heterocycles. The summed E-state index contributed by atoms with van der Waals surface area (Å²) in [5.74, 6) is 1.39. The van der Waals surface area contributed by atoms with Crippen molar-refractivity contribution in [2.24, 2.45) is 0 Å². The zero-order valence-corrected chi connectivity index (χ0v) is 16.8. The van der Waals surface area contributed by atoms with E-state index in [1.807, 2.05) is 54.7 Å². The normalized spacial score (nSPS) is 13.8. The van der Waals surface area contributed by atoms with E-state index in [4.69, 9.17) is 9.47 Å². The quantitative estimate of drug-likeness (QED) is 0.565. The molecule has 0 atom stereocenters. The predicted molar refractivity (Wildman–Crippen MR) is 107 cm³/mol. The van der Waals surface area contributed by atoms with Crippen LogP contribution in [0.5, 0.6) is 5.75 Å². The molecule has 0 spiro atoms. The highest BCUT2D eigenvalue weighted by Crippen LogP contribution is 2.48. The molecule has 1 saturated heterocycles. The molecule has 0 aliphatic carbocycles. The van der Waals surface area contributed by atoms with Gasteiger partial charge in [0.15, 0.2) is 13.2 Å². The molecule has 9 heteroatoms. The van der Waals surface area contributed by atoms with E-state index in [-0.39, 0.29) is 19.1 Å². The first kappa shape index (κ1) is 21.4. The number of nitrogens with one attached hydrogen (secondary N) is 2. The number of carbonyl (C=O) groups excluding carboxylic acids is 3. The second kappa shape index (κ2) is 11.8. The van der Waals surface area contributed by atoms with Crippen LogP contribution in [-0.2, 0) is 19.1 Å². The molecule has 148 valence electrons. The summed E-state index contributed by atoms with van der Waals surface area (Å²) in [7, 11) is 0. The van der Waals surface area contributed by atoms with Gasteiger partial charge in [-0.2, -0.15) is 0 Å². The van der Waals surface area contributed by atoms with Crippen LogP contribution in [0, 0.1) is 0 Å². The number of ether oxygens (including phenoxy) is 2. The fraction of sp³-hybridized carbons (Fsp3) is 0.500. The molecule has 7 nitrogen and oxygen atoms in total. The Morgan fingerprint density at radius 3 is 2.56 bits per heavy atom. The lowest BCUT2D eigenvalue weighted by Gasteiger charge is -2.14. The fourth-order valence-corrected chi connectivity index (χ4v) is 5.13. The van der Waals surface area contributed by atoms with Crippen molar-refractivity contribution in [3.63, 3.8) is 0 Å². The summed E-state index contributed by atoms with van der Waals surface area (Å²) in [5, 5.41) is 5.03. The lowest BCUT2D eigenvalue weighted by atomic mass is 10.2. The number of thioether (sulfide) groups is 2. The van der Waals surface area contributed by atoms with Crippen LogP contribution in [0.4, 0.5) is 0 Å². The van der Waals surface area contributed by atoms with Gasteiger partial charge in [0, 0.05) is 23.6 Å². The number of hydrogen-bond donors (Lipinski definition) is 2. The van der Waals surface area contributed by atoms with Crippen molar-refractivity contribution in [3.8, 4) is 5.75 Å². The zero-order valence-electron chi connectivity index (χ0n) is 15.2. The molecule has 1 aliphatic heterocycles. The number of carbonyl (C=O) groups is 3. The van der Waals surface area contributed by atoms with Crippen LogP contribution in [0.1, 0.15) is 23.5 Å². The van der Waals surface area contributed by atoms with E-state index in [1.165, 1.54) is 0 Å². The summed E-state index contributed by atoms with van der Waals surface area (Å²) >= 11 is 3.70. The molecule has 0 saturated carbocycles. The molecule has 2 amide bonds. The van der Waals surface area contributed by atoms with Crippen molar-refractivity contribution in [1.29, 1.82) is 0 Å². The molecule has 0 unspecified atom stereocenters. The maximum Gasteiger partial charge on any atom is 0.344 e. The van der Waals surface area contributed by atoms with Gasteiger partial charge in [-0.25, -0.2) is 4.79 Å². The van der Waals surface area contributed by atoms with E-state index < -0.39 is 18.5 Å². The smallest absolute Gasteiger partial charge is 0.344 e.